The van der Waals surface area contributed by atoms with Crippen LogP contribution in [0.25, 0.3) is 29.9 Å². The van der Waals surface area contributed by atoms with Gasteiger partial charge >= 0.3 is 11.9 Å². The van der Waals surface area contributed by atoms with Gasteiger partial charge in [-0.25, -0.2) is 0 Å². The van der Waals surface area contributed by atoms with Crippen LogP contribution in [0.3, 0.4) is 0 Å². The minimum atomic E-state index is -1.24. The second kappa shape index (κ2) is 13.4. The number of nitrogens with one attached hydrogen (secondary N) is 3. The number of esters is 2. The Labute approximate surface area is 289 Å². The molecule has 3 aromatic heterocycles. The molecule has 8 bridgehead atoms. The van der Waals surface area contributed by atoms with Crippen molar-refractivity contribution in [3.05, 3.63) is 102 Å². The van der Waals surface area contributed by atoms with Gasteiger partial charge in [-0.15, -0.1) is 0 Å². The van der Waals surface area contributed by atoms with Gasteiger partial charge in [0.2, 0.25) is 0 Å². The third kappa shape index (κ3) is 5.37. The zero-order valence-corrected chi connectivity index (χ0v) is 29.1. The molecule has 1 saturated heterocycles. The van der Waals surface area contributed by atoms with Crippen LogP contribution < -0.4 is 16.0 Å². The monoisotopic (exact) mass is 677 g/mol. The summed E-state index contributed by atoms with van der Waals surface area (Å²) in [5, 5.41) is 18.0. The molecule has 1 aliphatic carbocycles. The lowest BCUT2D eigenvalue weighted by molar-refractivity contribution is -0.143. The normalized spacial score (nSPS) is 23.0. The quantitative estimate of drug-likeness (QED) is 0.128. The van der Waals surface area contributed by atoms with E-state index in [1.165, 1.54) is 7.11 Å². The van der Waals surface area contributed by atoms with Crippen LogP contribution in [0.2, 0.25) is 0 Å². The van der Waals surface area contributed by atoms with E-state index in [1.807, 2.05) is 39.8 Å². The number of hydrogen-bond acceptors (Lipinski definition) is 8. The second-order valence-corrected chi connectivity index (χ2v) is 12.9. The molecular weight excluding hydrogens is 636 g/mol. The molecule has 11 nitrogen and oxygen atoms in total. The molecule has 50 heavy (non-hydrogen) atoms. The lowest BCUT2D eigenvalue weighted by Crippen LogP contribution is -2.25. The van der Waals surface area contributed by atoms with Crippen molar-refractivity contribution in [3.63, 3.8) is 0 Å². The van der Waals surface area contributed by atoms with Gasteiger partial charge in [0.1, 0.15) is 12.5 Å². The number of H-pyrrole nitrogens is 2. The maximum Gasteiger partial charge on any atom is 0.321 e. The number of methoxy groups -OCH3 is 1. The molecule has 3 atom stereocenters. The van der Waals surface area contributed by atoms with Crippen molar-refractivity contribution in [2.24, 2.45) is 17.8 Å². The van der Waals surface area contributed by atoms with E-state index >= 15 is 0 Å². The topological polar surface area (TPSA) is 158 Å². The third-order valence-electron chi connectivity index (χ3n) is 10.3. The maximum atomic E-state index is 14.2. The first-order chi connectivity index (χ1) is 24.0. The van der Waals surface area contributed by atoms with Crippen LogP contribution in [0.1, 0.15) is 99.4 Å². The van der Waals surface area contributed by atoms with E-state index in [0.717, 1.165) is 27.2 Å². The molecule has 260 valence electrons. The fourth-order valence-electron chi connectivity index (χ4n) is 7.60. The highest BCUT2D eigenvalue weighted by molar-refractivity contribution is 6.24. The number of allylic oxidation sites excluding steroid dienone is 3. The number of rotatable bonds is 9. The lowest BCUT2D eigenvalue weighted by atomic mass is 9.85. The Hall–Kier alpha value is -5.58. The number of ether oxygens (including phenoxy) is 2. The number of nitrogens with zero attached hydrogens (tertiary/aromatic N) is 1. The highest BCUT2D eigenvalue weighted by atomic mass is 16.5. The van der Waals surface area contributed by atoms with Crippen LogP contribution in [0.5, 0.6) is 0 Å². The van der Waals surface area contributed by atoms with E-state index in [-0.39, 0.29) is 47.1 Å². The Balaban J connectivity index is 1.68. The molecule has 0 saturated carbocycles. The van der Waals surface area contributed by atoms with Crippen molar-refractivity contribution in [1.82, 2.24) is 20.0 Å². The number of aromatic amines is 2. The molecular formula is C39H41N4O7-. The van der Waals surface area contributed by atoms with Crippen LogP contribution in [0.15, 0.2) is 30.1 Å². The average molecular weight is 678 g/mol. The van der Waals surface area contributed by atoms with Crippen molar-refractivity contribution in [3.8, 4) is 0 Å². The van der Waals surface area contributed by atoms with Crippen molar-refractivity contribution < 1.29 is 28.7 Å². The molecule has 0 aromatic carbocycles. The fraction of sp³-hybridized carbons (Fsp3) is 0.333. The number of fused-ring (bicyclic) bond motifs is 7. The van der Waals surface area contributed by atoms with E-state index in [0.29, 0.717) is 64.2 Å². The van der Waals surface area contributed by atoms with Crippen LogP contribution in [-0.4, -0.2) is 52.4 Å². The van der Waals surface area contributed by atoms with Crippen molar-refractivity contribution in [2.75, 3.05) is 13.7 Å². The predicted molar refractivity (Wildman–Crippen MR) is 191 cm³/mol. The molecule has 3 aliphatic rings. The predicted octanol–water partition coefficient (Wildman–Crippen LogP) is 4.59. The first kappa shape index (κ1) is 34.3. The van der Waals surface area contributed by atoms with Crippen LogP contribution >= 0.6 is 0 Å². The molecule has 0 radical (unpaired) electrons. The Bertz CT molecular complexity index is 2190. The van der Waals surface area contributed by atoms with E-state index in [1.54, 1.807) is 31.2 Å². The van der Waals surface area contributed by atoms with Gasteiger partial charge in [-0.05, 0) is 68.5 Å². The zero-order chi connectivity index (χ0) is 36.0. The van der Waals surface area contributed by atoms with Crippen molar-refractivity contribution in [1.29, 1.82) is 0 Å². The summed E-state index contributed by atoms with van der Waals surface area (Å²) in [5.41, 5.74) is 7.58. The molecule has 6 rings (SSSR count). The van der Waals surface area contributed by atoms with Gasteiger partial charge in [0.05, 0.1) is 12.8 Å². The summed E-state index contributed by atoms with van der Waals surface area (Å²) in [7, 11) is 1.25. The van der Waals surface area contributed by atoms with Gasteiger partial charge in [0.25, 0.3) is 0 Å². The Kier molecular flexibility index (Phi) is 9.17. The summed E-state index contributed by atoms with van der Waals surface area (Å²) in [6, 6.07) is 0. The average Bonchev–Trinajstić information content (AvgIpc) is 3.83. The number of ketones is 1. The summed E-state index contributed by atoms with van der Waals surface area (Å²) in [6.07, 6.45) is 12.2. The third-order valence-corrected chi connectivity index (χ3v) is 10.3. The van der Waals surface area contributed by atoms with Gasteiger partial charge < -0.3 is 34.7 Å². The zero-order valence-electron chi connectivity index (χ0n) is 29.1. The molecule has 0 spiro atoms. The van der Waals surface area contributed by atoms with Gasteiger partial charge in [-0.3, -0.25) is 19.2 Å². The van der Waals surface area contributed by atoms with Gasteiger partial charge in [-0.1, -0.05) is 38.7 Å². The summed E-state index contributed by atoms with van der Waals surface area (Å²) < 4.78 is 11.3. The summed E-state index contributed by atoms with van der Waals surface area (Å²) in [4.78, 5) is 59.7. The Morgan fingerprint density at radius 2 is 1.78 bits per heavy atom. The van der Waals surface area contributed by atoms with Gasteiger partial charge in [0.15, 0.2) is 12.1 Å². The highest BCUT2D eigenvalue weighted by Gasteiger charge is 2.48. The Morgan fingerprint density at radius 1 is 1.06 bits per heavy atom. The number of carbonyl (C=O) groups is 4. The summed E-state index contributed by atoms with van der Waals surface area (Å²) in [6.45, 7) is 13.7. The summed E-state index contributed by atoms with van der Waals surface area (Å²) >= 11 is 0. The number of carbonyl (C=O) groups excluding carboxylic acids is 4. The molecule has 2 aliphatic heterocycles. The van der Waals surface area contributed by atoms with E-state index in [2.05, 4.69) is 21.9 Å². The second-order valence-electron chi connectivity index (χ2n) is 12.9. The fourth-order valence-corrected chi connectivity index (χ4v) is 7.60. The van der Waals surface area contributed by atoms with Gasteiger partial charge in [0, 0.05) is 79.7 Å². The SMILES string of the molecule is C=Cc1c2[nH]c(c1C)/C=C1\N/C(=C3\c4[nH]c(c(C)c4C(=O)[C@@H]3C(=O)OC)/C=c3/c(CC)c(C=O)/c(n3[O-])=C/2)[C@@H](CCC(=O)OC/C=C\C)[C@@H]1C. The molecule has 5 heterocycles. The molecule has 0 amide bonds. The maximum absolute atomic E-state index is 14.2. The minimum absolute atomic E-state index is 0.119. The van der Waals surface area contributed by atoms with E-state index in [4.69, 9.17) is 9.47 Å². The van der Waals surface area contributed by atoms with E-state index < -0.39 is 17.7 Å². The van der Waals surface area contributed by atoms with Crippen LogP contribution in [0, 0.1) is 36.8 Å². The Morgan fingerprint density at radius 3 is 2.44 bits per heavy atom. The lowest BCUT2D eigenvalue weighted by Gasteiger charge is -2.19. The van der Waals surface area contributed by atoms with Crippen LogP contribution in [0.4, 0.5) is 0 Å². The number of aldehydes is 1. The molecule has 3 N–H and O–H groups in total. The molecule has 11 heteroatoms. The van der Waals surface area contributed by atoms with Gasteiger partial charge in [-0.2, -0.15) is 0 Å². The highest BCUT2D eigenvalue weighted by Crippen LogP contribution is 2.48. The standard InChI is InChI=1S/C39H41N4O7/c1-8-11-14-50-32(45)13-12-24-20(5)27-15-26-19(4)22(9-2)29(40-26)17-31-25(18-44)23(10-3)30(43(31)48)16-28-21(6)33-37(42-28)34(36(24)41-27)35(38(33)46)39(47)49-7/h8-9,11,15-18,20,24,35,40-42H,2,10,12-14H2,1,3-7H3/q-1/b11-8-,27-15-,30-16-,31-17-,36-34-/t20-,24-,35+/m0/s1. The number of hydrogen-bond donors (Lipinski definition) is 3. The first-order valence-electron chi connectivity index (χ1n) is 16.8. The van der Waals surface area contributed by atoms with Crippen molar-refractivity contribution in [2.45, 2.75) is 53.9 Å². The smallest absolute Gasteiger partial charge is 0.321 e. The van der Waals surface area contributed by atoms with Crippen LogP contribution in [-0.2, 0) is 25.5 Å². The molecule has 1 fully saturated rings. The largest absolute Gasteiger partial charge is 0.805 e. The van der Waals surface area contributed by atoms with Crippen molar-refractivity contribution >= 4 is 53.9 Å². The molecule has 0 unspecified atom stereocenters. The summed E-state index contributed by atoms with van der Waals surface area (Å²) in [5.74, 6) is -3.19. The van der Waals surface area contributed by atoms with E-state index in [9.17, 15) is 24.4 Å². The minimum Gasteiger partial charge on any atom is -0.805 e. The number of aromatic nitrogens is 3. The first-order valence-corrected chi connectivity index (χ1v) is 16.8. The molecule has 3 aromatic rings. The number of Topliss-reactive ketones (excluding diaryl/α,β-unsaturated/α-hetero) is 1.